The van der Waals surface area contributed by atoms with Crippen molar-refractivity contribution in [1.29, 1.82) is 0 Å². The Balaban J connectivity index is 1.62. The number of aromatic nitrogens is 2. The quantitative estimate of drug-likeness (QED) is 0.882. The van der Waals surface area contributed by atoms with Crippen LogP contribution in [0.5, 0.6) is 0 Å². The second kappa shape index (κ2) is 5.59. The smallest absolute Gasteiger partial charge is 0.226 e. The number of hydrogen-bond donors (Lipinski definition) is 1. The molecular weight excluding hydrogens is 242 g/mol. The van der Waals surface area contributed by atoms with Gasteiger partial charge in [0, 0.05) is 13.5 Å². The number of ether oxygens (including phenoxy) is 1. The van der Waals surface area contributed by atoms with Gasteiger partial charge in [-0.3, -0.25) is 0 Å². The lowest BCUT2D eigenvalue weighted by molar-refractivity contribution is -0.0178. The number of hydrogen-bond acceptors (Lipinski definition) is 5. The van der Waals surface area contributed by atoms with Crippen molar-refractivity contribution in [3.63, 3.8) is 0 Å². The molecule has 0 bridgehead atoms. The molecule has 0 aromatic carbocycles. The van der Waals surface area contributed by atoms with Gasteiger partial charge in [-0.2, -0.15) is 4.98 Å². The molecule has 1 aliphatic heterocycles. The van der Waals surface area contributed by atoms with E-state index in [1.807, 2.05) is 0 Å². The molecule has 1 saturated heterocycles. The van der Waals surface area contributed by atoms with E-state index < -0.39 is 0 Å². The molecule has 3 rings (SSSR count). The van der Waals surface area contributed by atoms with E-state index >= 15 is 0 Å². The average molecular weight is 265 g/mol. The summed E-state index contributed by atoms with van der Waals surface area (Å²) in [5.41, 5.74) is -0.281. The Morgan fingerprint density at radius 1 is 1.42 bits per heavy atom. The van der Waals surface area contributed by atoms with E-state index in [1.54, 1.807) is 7.11 Å². The summed E-state index contributed by atoms with van der Waals surface area (Å²) in [6.07, 6.45) is 7.68. The van der Waals surface area contributed by atoms with Crippen LogP contribution in [0.25, 0.3) is 0 Å². The molecule has 19 heavy (non-hydrogen) atoms. The molecule has 2 fully saturated rings. The van der Waals surface area contributed by atoms with Crippen LogP contribution in [-0.2, 0) is 16.8 Å². The van der Waals surface area contributed by atoms with Crippen molar-refractivity contribution in [3.8, 4) is 0 Å². The zero-order valence-corrected chi connectivity index (χ0v) is 11.7. The first-order chi connectivity index (χ1) is 9.32. The zero-order valence-electron chi connectivity index (χ0n) is 11.7. The standard InChI is InChI=1S/C14H23N3O2/c1-18-14(7-2-3-8-14)13-16-12(19-17-13)5-4-11-6-9-15-10-11/h11,15H,2-10H2,1H3. The Hall–Kier alpha value is -0.940. The predicted octanol–water partition coefficient (Wildman–Crippen LogP) is 2.03. The second-order valence-corrected chi connectivity index (χ2v) is 5.81. The average Bonchev–Trinajstić information content (AvgIpc) is 3.17. The van der Waals surface area contributed by atoms with Gasteiger partial charge in [-0.1, -0.05) is 5.16 Å². The van der Waals surface area contributed by atoms with Crippen molar-refractivity contribution in [1.82, 2.24) is 15.5 Å². The molecule has 1 aliphatic carbocycles. The Labute approximate surface area is 114 Å². The molecule has 2 aliphatic rings. The van der Waals surface area contributed by atoms with E-state index in [0.717, 1.165) is 56.4 Å². The van der Waals surface area contributed by atoms with Gasteiger partial charge in [0.25, 0.3) is 0 Å². The van der Waals surface area contributed by atoms with Crippen LogP contribution in [0.1, 0.15) is 50.2 Å². The van der Waals surface area contributed by atoms with Gasteiger partial charge in [0.1, 0.15) is 5.60 Å². The topological polar surface area (TPSA) is 60.2 Å². The van der Waals surface area contributed by atoms with Gasteiger partial charge in [0.15, 0.2) is 0 Å². The van der Waals surface area contributed by atoms with E-state index in [1.165, 1.54) is 19.3 Å². The van der Waals surface area contributed by atoms with Crippen LogP contribution in [0, 0.1) is 5.92 Å². The molecule has 5 nitrogen and oxygen atoms in total. The van der Waals surface area contributed by atoms with Gasteiger partial charge in [-0.15, -0.1) is 0 Å². The van der Waals surface area contributed by atoms with E-state index in [-0.39, 0.29) is 5.60 Å². The lowest BCUT2D eigenvalue weighted by atomic mass is 10.0. The molecule has 0 amide bonds. The molecule has 1 unspecified atom stereocenters. The first-order valence-electron chi connectivity index (χ1n) is 7.41. The first-order valence-corrected chi connectivity index (χ1v) is 7.41. The fourth-order valence-electron chi connectivity index (χ4n) is 3.30. The van der Waals surface area contributed by atoms with Gasteiger partial charge in [-0.05, 0) is 57.5 Å². The van der Waals surface area contributed by atoms with Crippen molar-refractivity contribution in [3.05, 3.63) is 11.7 Å². The highest BCUT2D eigenvalue weighted by atomic mass is 16.5. The molecule has 106 valence electrons. The Kier molecular flexibility index (Phi) is 3.84. The minimum absolute atomic E-state index is 0.281. The number of aryl methyl sites for hydroxylation is 1. The molecule has 1 aromatic rings. The molecule has 1 saturated carbocycles. The molecule has 2 heterocycles. The summed E-state index contributed by atoms with van der Waals surface area (Å²) in [5.74, 6) is 2.29. The number of nitrogens with zero attached hydrogens (tertiary/aromatic N) is 2. The number of rotatable bonds is 5. The summed E-state index contributed by atoms with van der Waals surface area (Å²) in [6.45, 7) is 2.27. The normalized spacial score (nSPS) is 26.1. The largest absolute Gasteiger partial charge is 0.370 e. The van der Waals surface area contributed by atoms with Crippen LogP contribution in [0.15, 0.2) is 4.52 Å². The Bertz CT molecular complexity index is 407. The summed E-state index contributed by atoms with van der Waals surface area (Å²) in [4.78, 5) is 4.57. The minimum atomic E-state index is -0.281. The predicted molar refractivity (Wildman–Crippen MR) is 70.8 cm³/mol. The van der Waals surface area contributed by atoms with Crippen molar-refractivity contribution in [2.45, 2.75) is 50.5 Å². The summed E-state index contributed by atoms with van der Waals surface area (Å²) < 4.78 is 11.1. The highest BCUT2D eigenvalue weighted by Gasteiger charge is 2.40. The van der Waals surface area contributed by atoms with Crippen LogP contribution in [0.3, 0.4) is 0 Å². The van der Waals surface area contributed by atoms with Crippen LogP contribution in [0.4, 0.5) is 0 Å². The highest BCUT2D eigenvalue weighted by molar-refractivity contribution is 5.04. The third-order valence-electron chi connectivity index (χ3n) is 4.61. The lowest BCUT2D eigenvalue weighted by Gasteiger charge is -2.22. The maximum Gasteiger partial charge on any atom is 0.226 e. The number of methoxy groups -OCH3 is 1. The van der Waals surface area contributed by atoms with Crippen LogP contribution in [0.2, 0.25) is 0 Å². The first kappa shape index (κ1) is 13.1. The third kappa shape index (κ3) is 2.67. The summed E-state index contributed by atoms with van der Waals surface area (Å²) in [7, 11) is 1.76. The van der Waals surface area contributed by atoms with Crippen molar-refractivity contribution in [2.24, 2.45) is 5.92 Å². The van der Waals surface area contributed by atoms with E-state index in [4.69, 9.17) is 9.26 Å². The summed E-state index contributed by atoms with van der Waals surface area (Å²) >= 11 is 0. The maximum absolute atomic E-state index is 5.68. The molecular formula is C14H23N3O2. The molecule has 1 atom stereocenters. The van der Waals surface area contributed by atoms with Gasteiger partial charge < -0.3 is 14.6 Å². The third-order valence-corrected chi connectivity index (χ3v) is 4.61. The van der Waals surface area contributed by atoms with Gasteiger partial charge in [-0.25, -0.2) is 0 Å². The molecule has 1 aromatic heterocycles. The maximum atomic E-state index is 5.68. The van der Waals surface area contributed by atoms with Crippen LogP contribution >= 0.6 is 0 Å². The van der Waals surface area contributed by atoms with Gasteiger partial charge in [0.2, 0.25) is 11.7 Å². The molecule has 5 heteroatoms. The molecule has 0 radical (unpaired) electrons. The lowest BCUT2D eigenvalue weighted by Crippen LogP contribution is -2.26. The Morgan fingerprint density at radius 3 is 2.95 bits per heavy atom. The van der Waals surface area contributed by atoms with Crippen molar-refractivity contribution in [2.75, 3.05) is 20.2 Å². The Morgan fingerprint density at radius 2 is 2.26 bits per heavy atom. The van der Waals surface area contributed by atoms with Gasteiger partial charge in [0.05, 0.1) is 0 Å². The fraction of sp³-hybridized carbons (Fsp3) is 0.857. The zero-order chi connectivity index (χ0) is 13.1. The number of nitrogens with one attached hydrogen (secondary N) is 1. The summed E-state index contributed by atoms with van der Waals surface area (Å²) in [6, 6.07) is 0. The van der Waals surface area contributed by atoms with Crippen molar-refractivity contribution >= 4 is 0 Å². The van der Waals surface area contributed by atoms with E-state index in [2.05, 4.69) is 15.5 Å². The second-order valence-electron chi connectivity index (χ2n) is 5.81. The summed E-state index contributed by atoms with van der Waals surface area (Å²) in [5, 5.41) is 7.55. The fourth-order valence-corrected chi connectivity index (χ4v) is 3.30. The van der Waals surface area contributed by atoms with Crippen LogP contribution in [-0.4, -0.2) is 30.3 Å². The minimum Gasteiger partial charge on any atom is -0.370 e. The van der Waals surface area contributed by atoms with Gasteiger partial charge >= 0.3 is 0 Å². The monoisotopic (exact) mass is 265 g/mol. The molecule has 0 spiro atoms. The van der Waals surface area contributed by atoms with E-state index in [0.29, 0.717) is 0 Å². The highest BCUT2D eigenvalue weighted by Crippen LogP contribution is 2.40. The van der Waals surface area contributed by atoms with Crippen molar-refractivity contribution < 1.29 is 9.26 Å². The SMILES string of the molecule is COC1(c2noc(CCC3CCNC3)n2)CCCC1. The van der Waals surface area contributed by atoms with Crippen LogP contribution < -0.4 is 5.32 Å². The molecule has 1 N–H and O–H groups in total. The van der Waals surface area contributed by atoms with E-state index in [9.17, 15) is 0 Å².